The topological polar surface area (TPSA) is 27.1 Å². The summed E-state index contributed by atoms with van der Waals surface area (Å²) in [6.07, 6.45) is 0. The smallest absolute Gasteiger partial charge is 0.120 e. The molecule has 0 bridgehead atoms. The molecule has 0 spiro atoms. The molecular formula is C18H19ClN2O. The van der Waals surface area contributed by atoms with E-state index in [4.69, 9.17) is 16.3 Å². The normalized spacial score (nSPS) is 11.1. The monoisotopic (exact) mass is 314 g/mol. The zero-order valence-electron chi connectivity index (χ0n) is 13.1. The molecule has 22 heavy (non-hydrogen) atoms. The molecule has 3 nitrogen and oxygen atoms in total. The molecule has 0 fully saturated rings. The zero-order valence-corrected chi connectivity index (χ0v) is 13.8. The standard InChI is InChI=1S/C18H19ClN2O/c1-12-9-17-18(10-13(12)2)21(14(3)20-17)7-8-22-16-6-4-5-15(19)11-16/h4-6,9-11H,7-8H2,1-3H3. The van der Waals surface area contributed by atoms with Crippen molar-refractivity contribution in [2.75, 3.05) is 6.61 Å². The first-order valence-corrected chi connectivity index (χ1v) is 7.75. The van der Waals surface area contributed by atoms with Crippen LogP contribution in [0.2, 0.25) is 5.02 Å². The second-order valence-electron chi connectivity index (χ2n) is 5.54. The molecule has 1 heterocycles. The van der Waals surface area contributed by atoms with Gasteiger partial charge in [0.2, 0.25) is 0 Å². The van der Waals surface area contributed by atoms with E-state index in [2.05, 4.69) is 35.5 Å². The maximum atomic E-state index is 5.96. The second-order valence-corrected chi connectivity index (χ2v) is 5.98. The van der Waals surface area contributed by atoms with Gasteiger partial charge in [-0.05, 0) is 62.2 Å². The van der Waals surface area contributed by atoms with Gasteiger partial charge in [-0.1, -0.05) is 17.7 Å². The molecule has 114 valence electrons. The molecule has 0 saturated carbocycles. The molecule has 0 radical (unpaired) electrons. The molecule has 0 aliphatic carbocycles. The van der Waals surface area contributed by atoms with E-state index in [-0.39, 0.29) is 0 Å². The molecule has 3 rings (SSSR count). The van der Waals surface area contributed by atoms with Gasteiger partial charge in [0.25, 0.3) is 0 Å². The highest BCUT2D eigenvalue weighted by Gasteiger charge is 2.09. The van der Waals surface area contributed by atoms with Crippen molar-refractivity contribution in [3.8, 4) is 5.75 Å². The highest BCUT2D eigenvalue weighted by molar-refractivity contribution is 6.30. The van der Waals surface area contributed by atoms with Crippen LogP contribution in [0.25, 0.3) is 11.0 Å². The van der Waals surface area contributed by atoms with E-state index in [9.17, 15) is 0 Å². The first-order chi connectivity index (χ1) is 10.5. The van der Waals surface area contributed by atoms with E-state index < -0.39 is 0 Å². The van der Waals surface area contributed by atoms with Crippen molar-refractivity contribution in [2.24, 2.45) is 0 Å². The van der Waals surface area contributed by atoms with Crippen LogP contribution in [0.4, 0.5) is 0 Å². The first-order valence-electron chi connectivity index (χ1n) is 7.37. The Kier molecular flexibility index (Phi) is 4.08. The molecule has 3 aromatic rings. The summed E-state index contributed by atoms with van der Waals surface area (Å²) in [5.41, 5.74) is 4.76. The molecule has 4 heteroatoms. The number of rotatable bonds is 4. The van der Waals surface area contributed by atoms with Gasteiger partial charge in [-0.3, -0.25) is 0 Å². The van der Waals surface area contributed by atoms with E-state index in [0.717, 1.165) is 29.2 Å². The number of fused-ring (bicyclic) bond motifs is 1. The molecule has 0 atom stereocenters. The van der Waals surface area contributed by atoms with Crippen molar-refractivity contribution in [1.82, 2.24) is 9.55 Å². The molecule has 0 aliphatic rings. The first kappa shape index (κ1) is 14.9. The van der Waals surface area contributed by atoms with Crippen LogP contribution in [0.1, 0.15) is 17.0 Å². The number of hydrogen-bond acceptors (Lipinski definition) is 2. The van der Waals surface area contributed by atoms with Crippen molar-refractivity contribution in [3.63, 3.8) is 0 Å². The third-order valence-corrected chi connectivity index (χ3v) is 4.17. The van der Waals surface area contributed by atoms with E-state index in [0.29, 0.717) is 11.6 Å². The molecule has 0 unspecified atom stereocenters. The van der Waals surface area contributed by atoms with Gasteiger partial charge in [0.1, 0.15) is 18.2 Å². The number of nitrogens with zero attached hydrogens (tertiary/aromatic N) is 2. The van der Waals surface area contributed by atoms with Crippen LogP contribution in [0.5, 0.6) is 5.75 Å². The zero-order chi connectivity index (χ0) is 15.7. The fourth-order valence-electron chi connectivity index (χ4n) is 2.59. The largest absolute Gasteiger partial charge is 0.492 e. The minimum absolute atomic E-state index is 0.583. The maximum Gasteiger partial charge on any atom is 0.120 e. The lowest BCUT2D eigenvalue weighted by Gasteiger charge is -2.10. The fourth-order valence-corrected chi connectivity index (χ4v) is 2.77. The van der Waals surface area contributed by atoms with Crippen LogP contribution >= 0.6 is 11.6 Å². The lowest BCUT2D eigenvalue weighted by atomic mass is 10.1. The number of aryl methyl sites for hydroxylation is 3. The SMILES string of the molecule is Cc1cc2nc(C)n(CCOc3cccc(Cl)c3)c2cc1C. The molecule has 0 aliphatic heterocycles. The van der Waals surface area contributed by atoms with Crippen LogP contribution in [-0.4, -0.2) is 16.2 Å². The molecule has 0 saturated heterocycles. The quantitative estimate of drug-likeness (QED) is 0.698. The van der Waals surface area contributed by atoms with E-state index in [1.165, 1.54) is 11.1 Å². The van der Waals surface area contributed by atoms with Crippen molar-refractivity contribution < 1.29 is 4.74 Å². The van der Waals surface area contributed by atoms with Gasteiger partial charge in [0, 0.05) is 5.02 Å². The summed E-state index contributed by atoms with van der Waals surface area (Å²) in [6.45, 7) is 7.62. The lowest BCUT2D eigenvalue weighted by molar-refractivity contribution is 0.299. The summed E-state index contributed by atoms with van der Waals surface area (Å²) in [4.78, 5) is 4.64. The highest BCUT2D eigenvalue weighted by atomic mass is 35.5. The average molecular weight is 315 g/mol. The third-order valence-electron chi connectivity index (χ3n) is 3.93. The third kappa shape index (κ3) is 2.95. The summed E-state index contributed by atoms with van der Waals surface area (Å²) < 4.78 is 7.99. The summed E-state index contributed by atoms with van der Waals surface area (Å²) >= 11 is 5.96. The second kappa shape index (κ2) is 6.01. The van der Waals surface area contributed by atoms with Gasteiger partial charge in [-0.25, -0.2) is 4.98 Å². The predicted molar refractivity (Wildman–Crippen MR) is 90.9 cm³/mol. The summed E-state index contributed by atoms with van der Waals surface area (Å²) in [6, 6.07) is 11.8. The van der Waals surface area contributed by atoms with Crippen molar-refractivity contribution in [1.29, 1.82) is 0 Å². The van der Waals surface area contributed by atoms with Crippen LogP contribution < -0.4 is 4.74 Å². The number of hydrogen-bond donors (Lipinski definition) is 0. The van der Waals surface area contributed by atoms with Crippen LogP contribution in [0.3, 0.4) is 0 Å². The Hall–Kier alpha value is -2.00. The Bertz CT molecular complexity index is 823. The number of halogens is 1. The predicted octanol–water partition coefficient (Wildman–Crippen LogP) is 4.69. The van der Waals surface area contributed by atoms with Gasteiger partial charge >= 0.3 is 0 Å². The maximum absolute atomic E-state index is 5.96. The van der Waals surface area contributed by atoms with Crippen molar-refractivity contribution in [3.05, 3.63) is 58.4 Å². The molecule has 2 aromatic carbocycles. The number of benzene rings is 2. The fraction of sp³-hybridized carbons (Fsp3) is 0.278. The van der Waals surface area contributed by atoms with E-state index in [1.54, 1.807) is 0 Å². The Labute approximate surface area is 135 Å². The minimum atomic E-state index is 0.583. The Morgan fingerprint density at radius 2 is 1.86 bits per heavy atom. The Morgan fingerprint density at radius 3 is 2.64 bits per heavy atom. The Morgan fingerprint density at radius 1 is 1.09 bits per heavy atom. The van der Waals surface area contributed by atoms with Gasteiger partial charge < -0.3 is 9.30 Å². The van der Waals surface area contributed by atoms with Crippen LogP contribution in [0, 0.1) is 20.8 Å². The summed E-state index contributed by atoms with van der Waals surface area (Å²) in [5, 5.41) is 0.688. The van der Waals surface area contributed by atoms with Crippen molar-refractivity contribution in [2.45, 2.75) is 27.3 Å². The average Bonchev–Trinajstić information content (AvgIpc) is 2.75. The number of aromatic nitrogens is 2. The highest BCUT2D eigenvalue weighted by Crippen LogP contribution is 2.21. The number of ether oxygens (including phenoxy) is 1. The van der Waals surface area contributed by atoms with E-state index in [1.807, 2.05) is 31.2 Å². The van der Waals surface area contributed by atoms with E-state index >= 15 is 0 Å². The number of imidazole rings is 1. The molecule has 1 aromatic heterocycles. The van der Waals surface area contributed by atoms with Gasteiger partial charge in [-0.15, -0.1) is 0 Å². The van der Waals surface area contributed by atoms with Gasteiger partial charge in [0.15, 0.2) is 0 Å². The minimum Gasteiger partial charge on any atom is -0.492 e. The van der Waals surface area contributed by atoms with Crippen LogP contribution in [-0.2, 0) is 6.54 Å². The molecular weight excluding hydrogens is 296 g/mol. The van der Waals surface area contributed by atoms with Gasteiger partial charge in [-0.2, -0.15) is 0 Å². The van der Waals surface area contributed by atoms with Crippen molar-refractivity contribution >= 4 is 22.6 Å². The van der Waals surface area contributed by atoms with Gasteiger partial charge in [0.05, 0.1) is 17.6 Å². The summed E-state index contributed by atoms with van der Waals surface area (Å²) in [5.74, 6) is 1.80. The summed E-state index contributed by atoms with van der Waals surface area (Å²) in [7, 11) is 0. The molecule has 0 N–H and O–H groups in total. The van der Waals surface area contributed by atoms with Crippen LogP contribution in [0.15, 0.2) is 36.4 Å². The lowest BCUT2D eigenvalue weighted by Crippen LogP contribution is -2.09. The Balaban J connectivity index is 1.79. The molecule has 0 amide bonds.